The van der Waals surface area contributed by atoms with Gasteiger partial charge in [0.25, 0.3) is 5.91 Å². The summed E-state index contributed by atoms with van der Waals surface area (Å²) in [7, 11) is 3.88. The number of likely N-dealkylation sites (tertiary alicyclic amines) is 1. The van der Waals surface area contributed by atoms with Gasteiger partial charge in [0.1, 0.15) is 11.6 Å². The fourth-order valence-electron chi connectivity index (χ4n) is 6.84. The second kappa shape index (κ2) is 11.9. The number of ether oxygens (including phenoxy) is 1. The van der Waals surface area contributed by atoms with Crippen molar-refractivity contribution < 1.29 is 9.53 Å². The van der Waals surface area contributed by atoms with E-state index in [0.717, 1.165) is 104 Å². The van der Waals surface area contributed by atoms with E-state index in [1.54, 1.807) is 7.11 Å². The molecule has 4 aromatic rings. The molecule has 3 heterocycles. The molecule has 42 heavy (non-hydrogen) atoms. The van der Waals surface area contributed by atoms with Crippen molar-refractivity contribution in [1.29, 1.82) is 0 Å². The highest BCUT2D eigenvalue weighted by Gasteiger charge is 2.34. The summed E-state index contributed by atoms with van der Waals surface area (Å²) in [6.45, 7) is 12.2. The van der Waals surface area contributed by atoms with Crippen molar-refractivity contribution in [2.75, 3.05) is 46.9 Å². The summed E-state index contributed by atoms with van der Waals surface area (Å²) in [4.78, 5) is 26.6. The molecule has 0 aliphatic carbocycles. The number of hydrogen-bond donors (Lipinski definition) is 0. The maximum absolute atomic E-state index is 14.2. The number of rotatable bonds is 6. The maximum Gasteiger partial charge on any atom is 0.255 e. The van der Waals surface area contributed by atoms with Crippen LogP contribution < -0.4 is 4.74 Å². The second-order valence-corrected chi connectivity index (χ2v) is 12.2. The zero-order chi connectivity index (χ0) is 29.4. The lowest BCUT2D eigenvalue weighted by Gasteiger charge is -2.36. The molecule has 3 aromatic carbocycles. The van der Waals surface area contributed by atoms with E-state index in [0.29, 0.717) is 0 Å². The van der Waals surface area contributed by atoms with Crippen molar-refractivity contribution >= 4 is 16.9 Å². The Labute approximate surface area is 249 Å². The number of nitrogens with zero attached hydrogens (tertiary/aromatic N) is 5. The first kappa shape index (κ1) is 28.4. The molecule has 7 nitrogen and oxygen atoms in total. The van der Waals surface area contributed by atoms with Gasteiger partial charge in [-0.25, -0.2) is 4.98 Å². The smallest absolute Gasteiger partial charge is 0.255 e. The lowest BCUT2D eigenvalue weighted by molar-refractivity contribution is 0.0597. The van der Waals surface area contributed by atoms with Crippen LogP contribution in [0, 0.1) is 20.8 Å². The van der Waals surface area contributed by atoms with E-state index in [1.807, 2.05) is 12.1 Å². The van der Waals surface area contributed by atoms with Crippen LogP contribution in [-0.2, 0) is 6.54 Å². The van der Waals surface area contributed by atoms with Crippen molar-refractivity contribution in [2.45, 2.75) is 52.6 Å². The fraction of sp³-hybridized carbons (Fsp3) is 0.429. The molecular formula is C35H43N5O2. The lowest BCUT2D eigenvalue weighted by Crippen LogP contribution is -2.43. The summed E-state index contributed by atoms with van der Waals surface area (Å²) in [5, 5.41) is 0. The Morgan fingerprint density at radius 1 is 0.905 bits per heavy atom. The van der Waals surface area contributed by atoms with Gasteiger partial charge in [-0.2, -0.15) is 0 Å². The number of likely N-dealkylation sites (N-methyl/N-ethyl adjacent to an activating group) is 1. The number of benzene rings is 3. The van der Waals surface area contributed by atoms with Gasteiger partial charge in [-0.15, -0.1) is 0 Å². The largest absolute Gasteiger partial charge is 0.497 e. The number of piperidine rings is 1. The molecule has 0 bridgehead atoms. The van der Waals surface area contributed by atoms with Crippen molar-refractivity contribution in [3.8, 4) is 11.4 Å². The second-order valence-electron chi connectivity index (χ2n) is 12.2. The van der Waals surface area contributed by atoms with Crippen molar-refractivity contribution in [2.24, 2.45) is 0 Å². The summed E-state index contributed by atoms with van der Waals surface area (Å²) in [6.07, 6.45) is 2.97. The molecule has 1 aromatic heterocycles. The van der Waals surface area contributed by atoms with E-state index in [2.05, 4.69) is 89.6 Å². The number of carbonyl (C=O) groups excluding carboxylic acids is 1. The van der Waals surface area contributed by atoms with Crippen LogP contribution in [0.5, 0.6) is 5.75 Å². The first-order valence-corrected chi connectivity index (χ1v) is 15.3. The van der Waals surface area contributed by atoms with Gasteiger partial charge in [0.05, 0.1) is 24.2 Å². The predicted octanol–water partition coefficient (Wildman–Crippen LogP) is 6.07. The molecule has 0 N–H and O–H groups in total. The van der Waals surface area contributed by atoms with Gasteiger partial charge in [-0.3, -0.25) is 14.3 Å². The molecule has 1 unspecified atom stereocenters. The molecule has 6 rings (SSSR count). The standard InChI is InChI=1S/C35H43N5O2/c1-24-20-25(2)33(26(3)21-24)35(41)39-15-7-6-8-32(39)34-36-30-22-27(23-38-18-16-37(4)17-19-38)9-14-31(30)40(34)28-10-12-29(42-5)13-11-28/h9-14,20-22,32H,6-8,15-19,23H2,1-5H3. The van der Waals surface area contributed by atoms with Gasteiger partial charge in [0.15, 0.2) is 0 Å². The predicted molar refractivity (Wildman–Crippen MR) is 169 cm³/mol. The molecule has 2 aliphatic rings. The Bertz CT molecular complexity index is 1560. The van der Waals surface area contributed by atoms with Gasteiger partial charge in [-0.1, -0.05) is 23.8 Å². The topological polar surface area (TPSA) is 53.8 Å². The number of imidazole rings is 1. The zero-order valence-electron chi connectivity index (χ0n) is 25.7. The average molecular weight is 566 g/mol. The third kappa shape index (κ3) is 5.55. The van der Waals surface area contributed by atoms with Gasteiger partial charge in [0.2, 0.25) is 0 Å². The summed E-state index contributed by atoms with van der Waals surface area (Å²) in [6, 6.07) is 19.0. The maximum atomic E-state index is 14.2. The quantitative estimate of drug-likeness (QED) is 0.284. The molecule has 0 saturated carbocycles. The molecule has 1 amide bonds. The number of aromatic nitrogens is 2. The summed E-state index contributed by atoms with van der Waals surface area (Å²) < 4.78 is 7.72. The minimum Gasteiger partial charge on any atom is -0.497 e. The monoisotopic (exact) mass is 565 g/mol. The summed E-state index contributed by atoms with van der Waals surface area (Å²) in [5.74, 6) is 1.86. The highest BCUT2D eigenvalue weighted by molar-refractivity contribution is 5.97. The van der Waals surface area contributed by atoms with Crippen molar-refractivity contribution in [1.82, 2.24) is 24.3 Å². The Hall–Kier alpha value is -3.68. The summed E-state index contributed by atoms with van der Waals surface area (Å²) in [5.41, 5.74) is 8.45. The number of methoxy groups -OCH3 is 1. The molecule has 1 atom stereocenters. The summed E-state index contributed by atoms with van der Waals surface area (Å²) >= 11 is 0. The van der Waals surface area contributed by atoms with E-state index in [9.17, 15) is 4.79 Å². The average Bonchev–Trinajstić information content (AvgIpc) is 3.36. The van der Waals surface area contributed by atoms with E-state index < -0.39 is 0 Å². The Kier molecular flexibility index (Phi) is 8.06. The molecule has 2 saturated heterocycles. The third-order valence-electron chi connectivity index (χ3n) is 9.03. The van der Waals surface area contributed by atoms with Crippen LogP contribution in [-0.4, -0.2) is 77.0 Å². The Balaban J connectivity index is 1.42. The fourth-order valence-corrected chi connectivity index (χ4v) is 6.84. The van der Waals surface area contributed by atoms with E-state index in [4.69, 9.17) is 9.72 Å². The highest BCUT2D eigenvalue weighted by Crippen LogP contribution is 2.37. The number of carbonyl (C=O) groups is 1. The first-order valence-electron chi connectivity index (χ1n) is 15.3. The molecule has 7 heteroatoms. The van der Waals surface area contributed by atoms with Crippen LogP contribution in [0.15, 0.2) is 54.6 Å². The highest BCUT2D eigenvalue weighted by atomic mass is 16.5. The number of hydrogen-bond acceptors (Lipinski definition) is 5. The van der Waals surface area contributed by atoms with E-state index in [-0.39, 0.29) is 11.9 Å². The number of amides is 1. The Morgan fingerprint density at radius 2 is 1.62 bits per heavy atom. The van der Waals surface area contributed by atoms with E-state index >= 15 is 0 Å². The van der Waals surface area contributed by atoms with Gasteiger partial charge < -0.3 is 14.5 Å². The van der Waals surface area contributed by atoms with Crippen molar-refractivity contribution in [3.05, 3.63) is 88.2 Å². The van der Waals surface area contributed by atoms with Crippen LogP contribution in [0.2, 0.25) is 0 Å². The number of fused-ring (bicyclic) bond motifs is 1. The molecule has 0 spiro atoms. The Morgan fingerprint density at radius 3 is 2.31 bits per heavy atom. The van der Waals surface area contributed by atoms with Gasteiger partial charge in [-0.05, 0) is 100 Å². The number of aryl methyl sites for hydroxylation is 3. The molecular weight excluding hydrogens is 522 g/mol. The van der Waals surface area contributed by atoms with Gasteiger partial charge in [0, 0.05) is 50.5 Å². The van der Waals surface area contributed by atoms with Crippen molar-refractivity contribution in [3.63, 3.8) is 0 Å². The minimum atomic E-state index is -0.109. The SMILES string of the molecule is COc1ccc(-n2c(C3CCCCN3C(=O)c3c(C)cc(C)cc3C)nc3cc(CN4CCN(C)CC4)ccc32)cc1. The number of piperazine rings is 1. The normalized spacial score (nSPS) is 18.5. The first-order chi connectivity index (χ1) is 20.3. The molecule has 0 radical (unpaired) electrons. The lowest BCUT2D eigenvalue weighted by atomic mass is 9.95. The van der Waals surface area contributed by atoms with Crippen LogP contribution in [0.25, 0.3) is 16.7 Å². The molecule has 220 valence electrons. The van der Waals surface area contributed by atoms with Crippen LogP contribution in [0.4, 0.5) is 0 Å². The molecule has 2 fully saturated rings. The van der Waals surface area contributed by atoms with Crippen LogP contribution >= 0.6 is 0 Å². The van der Waals surface area contributed by atoms with Crippen LogP contribution in [0.1, 0.15) is 63.7 Å². The zero-order valence-corrected chi connectivity index (χ0v) is 25.7. The third-order valence-corrected chi connectivity index (χ3v) is 9.03. The van der Waals surface area contributed by atoms with E-state index in [1.165, 1.54) is 11.1 Å². The van der Waals surface area contributed by atoms with Gasteiger partial charge >= 0.3 is 0 Å². The molecule has 2 aliphatic heterocycles. The minimum absolute atomic E-state index is 0.109. The van der Waals surface area contributed by atoms with Crippen LogP contribution in [0.3, 0.4) is 0 Å².